The van der Waals surface area contributed by atoms with Crippen LogP contribution in [-0.4, -0.2) is 5.11 Å². The van der Waals surface area contributed by atoms with Crippen LogP contribution in [0, 0.1) is 5.92 Å². The number of aliphatic hydroxyl groups is 1. The SMILES string of the molecule is CCC1CC1(O)c1ccc(C(C)C)cc1. The van der Waals surface area contributed by atoms with Crippen LogP contribution in [-0.2, 0) is 5.60 Å². The first-order valence-corrected chi connectivity index (χ1v) is 5.90. The molecule has 1 heteroatoms. The fourth-order valence-corrected chi connectivity index (χ4v) is 2.31. The first-order valence-electron chi connectivity index (χ1n) is 5.90. The lowest BCUT2D eigenvalue weighted by Gasteiger charge is -2.12. The van der Waals surface area contributed by atoms with Crippen LogP contribution in [0.3, 0.4) is 0 Å². The maximum Gasteiger partial charge on any atom is 0.0929 e. The average Bonchev–Trinajstić information content (AvgIpc) is 2.91. The van der Waals surface area contributed by atoms with E-state index in [9.17, 15) is 5.11 Å². The van der Waals surface area contributed by atoms with Crippen molar-refractivity contribution < 1.29 is 5.11 Å². The normalized spacial score (nSPS) is 29.5. The van der Waals surface area contributed by atoms with Gasteiger partial charge in [0.25, 0.3) is 0 Å². The minimum atomic E-state index is -0.510. The van der Waals surface area contributed by atoms with Gasteiger partial charge in [0, 0.05) is 0 Å². The van der Waals surface area contributed by atoms with Gasteiger partial charge in [-0.1, -0.05) is 51.5 Å². The van der Waals surface area contributed by atoms with Gasteiger partial charge in [-0.15, -0.1) is 0 Å². The van der Waals surface area contributed by atoms with Crippen molar-refractivity contribution >= 4 is 0 Å². The Hall–Kier alpha value is -0.820. The second-order valence-corrected chi connectivity index (χ2v) is 5.01. The van der Waals surface area contributed by atoms with E-state index in [1.54, 1.807) is 0 Å². The van der Waals surface area contributed by atoms with Crippen molar-refractivity contribution in [2.45, 2.75) is 45.1 Å². The predicted octanol–water partition coefficient (Wildman–Crippen LogP) is 3.43. The minimum Gasteiger partial charge on any atom is -0.385 e. The molecule has 1 aliphatic rings. The Morgan fingerprint density at radius 2 is 1.93 bits per heavy atom. The van der Waals surface area contributed by atoms with Crippen molar-refractivity contribution in [3.63, 3.8) is 0 Å². The second kappa shape index (κ2) is 3.64. The van der Waals surface area contributed by atoms with Gasteiger partial charge in [-0.25, -0.2) is 0 Å². The summed E-state index contributed by atoms with van der Waals surface area (Å²) in [7, 11) is 0. The molecule has 2 rings (SSSR count). The van der Waals surface area contributed by atoms with E-state index >= 15 is 0 Å². The standard InChI is InChI=1S/C14H20O/c1-4-12-9-14(12,15)13-7-5-11(6-8-13)10(2)3/h5-8,10,12,15H,4,9H2,1-3H3. The molecule has 2 atom stereocenters. The van der Waals surface area contributed by atoms with Gasteiger partial charge in [0.1, 0.15) is 0 Å². The molecule has 15 heavy (non-hydrogen) atoms. The smallest absolute Gasteiger partial charge is 0.0929 e. The largest absolute Gasteiger partial charge is 0.385 e. The molecule has 0 amide bonds. The van der Waals surface area contributed by atoms with Crippen molar-refractivity contribution in [2.75, 3.05) is 0 Å². The molecule has 1 nitrogen and oxygen atoms in total. The molecule has 82 valence electrons. The summed E-state index contributed by atoms with van der Waals surface area (Å²) in [5.74, 6) is 1.04. The maximum absolute atomic E-state index is 10.3. The van der Waals surface area contributed by atoms with Gasteiger partial charge in [0.2, 0.25) is 0 Å². The van der Waals surface area contributed by atoms with Gasteiger partial charge >= 0.3 is 0 Å². The zero-order valence-corrected chi connectivity index (χ0v) is 9.83. The summed E-state index contributed by atoms with van der Waals surface area (Å²) in [5.41, 5.74) is 1.93. The Morgan fingerprint density at radius 3 is 2.33 bits per heavy atom. The third-order valence-corrected chi connectivity index (χ3v) is 3.64. The minimum absolute atomic E-state index is 0.474. The fourth-order valence-electron chi connectivity index (χ4n) is 2.31. The fraction of sp³-hybridized carbons (Fsp3) is 0.571. The Kier molecular flexibility index (Phi) is 2.59. The lowest BCUT2D eigenvalue weighted by molar-refractivity contribution is 0.130. The monoisotopic (exact) mass is 204 g/mol. The summed E-state index contributed by atoms with van der Waals surface area (Å²) in [4.78, 5) is 0. The molecular weight excluding hydrogens is 184 g/mol. The van der Waals surface area contributed by atoms with Gasteiger partial charge in [0.15, 0.2) is 0 Å². The molecule has 2 unspecified atom stereocenters. The summed E-state index contributed by atoms with van der Waals surface area (Å²) in [6, 6.07) is 8.46. The molecule has 0 aliphatic heterocycles. The summed E-state index contributed by atoms with van der Waals surface area (Å²) >= 11 is 0. The van der Waals surface area contributed by atoms with Crippen LogP contribution in [0.1, 0.15) is 50.7 Å². The highest BCUT2D eigenvalue weighted by Gasteiger charge is 2.52. The number of hydrogen-bond donors (Lipinski definition) is 1. The zero-order valence-electron chi connectivity index (χ0n) is 9.83. The molecule has 1 aromatic carbocycles. The van der Waals surface area contributed by atoms with Gasteiger partial charge in [-0.3, -0.25) is 0 Å². The second-order valence-electron chi connectivity index (χ2n) is 5.01. The number of hydrogen-bond acceptors (Lipinski definition) is 1. The highest BCUT2D eigenvalue weighted by molar-refractivity contribution is 5.33. The van der Waals surface area contributed by atoms with Crippen LogP contribution in [0.2, 0.25) is 0 Å². The van der Waals surface area contributed by atoms with Crippen LogP contribution in [0.15, 0.2) is 24.3 Å². The molecule has 1 saturated carbocycles. The molecule has 0 aromatic heterocycles. The zero-order chi connectivity index (χ0) is 11.1. The molecule has 1 N–H and O–H groups in total. The van der Waals surface area contributed by atoms with Crippen molar-refractivity contribution in [2.24, 2.45) is 5.92 Å². The Balaban J connectivity index is 2.18. The van der Waals surface area contributed by atoms with Gasteiger partial charge in [0.05, 0.1) is 5.60 Å². The summed E-state index contributed by atoms with van der Waals surface area (Å²) in [6.45, 7) is 6.52. The van der Waals surface area contributed by atoms with E-state index in [0.717, 1.165) is 18.4 Å². The molecule has 0 bridgehead atoms. The van der Waals surface area contributed by atoms with Gasteiger partial charge in [-0.05, 0) is 29.4 Å². The molecule has 0 spiro atoms. The molecule has 0 heterocycles. The van der Waals surface area contributed by atoms with Gasteiger partial charge in [-0.2, -0.15) is 0 Å². The molecule has 1 aromatic rings. The average molecular weight is 204 g/mol. The van der Waals surface area contributed by atoms with Crippen LogP contribution in [0.5, 0.6) is 0 Å². The summed E-state index contributed by atoms with van der Waals surface area (Å²) in [5, 5.41) is 10.3. The highest BCUT2D eigenvalue weighted by atomic mass is 16.3. The summed E-state index contributed by atoms with van der Waals surface area (Å²) < 4.78 is 0. The van der Waals surface area contributed by atoms with Crippen LogP contribution < -0.4 is 0 Å². The van der Waals surface area contributed by atoms with E-state index in [0.29, 0.717) is 11.8 Å². The van der Waals surface area contributed by atoms with Crippen molar-refractivity contribution in [1.82, 2.24) is 0 Å². The quantitative estimate of drug-likeness (QED) is 0.799. The van der Waals surface area contributed by atoms with Crippen LogP contribution in [0.4, 0.5) is 0 Å². The molecule has 0 radical (unpaired) electrons. The van der Waals surface area contributed by atoms with Gasteiger partial charge < -0.3 is 5.11 Å². The van der Waals surface area contributed by atoms with E-state index in [1.165, 1.54) is 5.56 Å². The van der Waals surface area contributed by atoms with Crippen molar-refractivity contribution in [3.05, 3.63) is 35.4 Å². The van der Waals surface area contributed by atoms with E-state index in [1.807, 2.05) is 0 Å². The van der Waals surface area contributed by atoms with Crippen LogP contribution in [0.25, 0.3) is 0 Å². The van der Waals surface area contributed by atoms with E-state index in [-0.39, 0.29) is 0 Å². The molecular formula is C14H20O. The molecule has 1 fully saturated rings. The Labute approximate surface area is 92.1 Å². The van der Waals surface area contributed by atoms with Crippen LogP contribution >= 0.6 is 0 Å². The van der Waals surface area contributed by atoms with E-state index in [4.69, 9.17) is 0 Å². The Morgan fingerprint density at radius 1 is 1.33 bits per heavy atom. The molecule has 1 aliphatic carbocycles. The highest BCUT2D eigenvalue weighted by Crippen LogP contribution is 2.53. The first-order chi connectivity index (χ1) is 7.08. The maximum atomic E-state index is 10.3. The number of benzene rings is 1. The van der Waals surface area contributed by atoms with E-state index in [2.05, 4.69) is 45.0 Å². The lowest BCUT2D eigenvalue weighted by Crippen LogP contribution is -2.08. The summed E-state index contributed by atoms with van der Waals surface area (Å²) in [6.07, 6.45) is 2.01. The Bertz CT molecular complexity index is 339. The number of rotatable bonds is 3. The third-order valence-electron chi connectivity index (χ3n) is 3.64. The third kappa shape index (κ3) is 1.81. The predicted molar refractivity (Wildman–Crippen MR) is 62.8 cm³/mol. The topological polar surface area (TPSA) is 20.2 Å². The first kappa shape index (κ1) is 10.7. The van der Waals surface area contributed by atoms with E-state index < -0.39 is 5.60 Å². The van der Waals surface area contributed by atoms with Crippen molar-refractivity contribution in [3.8, 4) is 0 Å². The van der Waals surface area contributed by atoms with Crippen molar-refractivity contribution in [1.29, 1.82) is 0 Å². The molecule has 0 saturated heterocycles. The lowest BCUT2D eigenvalue weighted by atomic mass is 9.98.